The first-order valence-corrected chi connectivity index (χ1v) is 8.70. The minimum absolute atomic E-state index is 0.00895. The first-order valence-electron chi connectivity index (χ1n) is 8.32. The fraction of sp³-hybridized carbons (Fsp3) is 0.316. The fourth-order valence-corrected chi connectivity index (χ4v) is 3.25. The van der Waals surface area contributed by atoms with Crippen LogP contribution in [-0.4, -0.2) is 23.7 Å². The van der Waals surface area contributed by atoms with E-state index in [2.05, 4.69) is 5.32 Å². The van der Waals surface area contributed by atoms with Gasteiger partial charge in [0.05, 0.1) is 16.7 Å². The van der Waals surface area contributed by atoms with Crippen LogP contribution in [0.3, 0.4) is 0 Å². The zero-order valence-electron chi connectivity index (χ0n) is 14.1. The third-order valence-corrected chi connectivity index (χ3v) is 4.65. The molecule has 0 fully saturated rings. The number of alkyl halides is 3. The maximum absolute atomic E-state index is 12.6. The molecule has 2 N–H and O–H groups in total. The highest BCUT2D eigenvalue weighted by molar-refractivity contribution is 6.32. The second kappa shape index (κ2) is 7.78. The van der Waals surface area contributed by atoms with Crippen LogP contribution in [-0.2, 0) is 23.8 Å². The lowest BCUT2D eigenvalue weighted by Gasteiger charge is -2.23. The Morgan fingerprint density at radius 3 is 2.78 bits per heavy atom. The summed E-state index contributed by atoms with van der Waals surface area (Å²) >= 11 is 5.81. The number of rotatable bonds is 4. The summed E-state index contributed by atoms with van der Waals surface area (Å²) in [5.41, 5.74) is 1.67. The van der Waals surface area contributed by atoms with Crippen LogP contribution in [0.25, 0.3) is 0 Å². The van der Waals surface area contributed by atoms with Crippen molar-refractivity contribution in [2.75, 3.05) is 11.9 Å². The molecule has 1 aliphatic rings. The summed E-state index contributed by atoms with van der Waals surface area (Å²) < 4.78 is 43.2. The molecule has 144 valence electrons. The molecule has 0 radical (unpaired) electrons. The number of carbonyl (C=O) groups is 1. The Kier molecular flexibility index (Phi) is 5.62. The number of aliphatic hydroxyl groups excluding tert-OH is 1. The highest BCUT2D eigenvalue weighted by Gasteiger charge is 2.31. The molecule has 0 saturated carbocycles. The van der Waals surface area contributed by atoms with E-state index in [0.29, 0.717) is 18.5 Å². The predicted octanol–water partition coefficient (Wildman–Crippen LogP) is 4.23. The normalized spacial score (nSPS) is 16.6. The van der Waals surface area contributed by atoms with Crippen molar-refractivity contribution in [2.45, 2.75) is 31.5 Å². The summed E-state index contributed by atoms with van der Waals surface area (Å²) in [4.78, 5) is 12.2. The van der Waals surface area contributed by atoms with Gasteiger partial charge in [-0.1, -0.05) is 23.7 Å². The average Bonchev–Trinajstić information content (AvgIpc) is 2.60. The lowest BCUT2D eigenvalue weighted by molar-refractivity contribution is -0.137. The molecule has 0 spiro atoms. The predicted molar refractivity (Wildman–Crippen MR) is 95.1 cm³/mol. The Morgan fingerprint density at radius 1 is 1.30 bits per heavy atom. The van der Waals surface area contributed by atoms with Crippen molar-refractivity contribution in [3.05, 3.63) is 58.1 Å². The van der Waals surface area contributed by atoms with Crippen LogP contribution in [0.2, 0.25) is 5.02 Å². The molecule has 1 atom stereocenters. The molecule has 0 heterocycles. The van der Waals surface area contributed by atoms with E-state index in [9.17, 15) is 23.1 Å². The molecular weight excluding hydrogens is 383 g/mol. The van der Waals surface area contributed by atoms with E-state index in [0.717, 1.165) is 35.7 Å². The minimum atomic E-state index is -4.50. The number of aryl methyl sites for hydroxylation is 1. The van der Waals surface area contributed by atoms with E-state index >= 15 is 0 Å². The van der Waals surface area contributed by atoms with Gasteiger partial charge in [-0.05, 0) is 48.2 Å². The van der Waals surface area contributed by atoms with Crippen molar-refractivity contribution < 1.29 is 27.8 Å². The standard InChI is InChI=1S/C19H17ClF3NO3/c20-15-8-12(19(21,22)23)5-7-17(15)27-10-18(26)24-16-3-1-2-11-4-6-13(25)9-14(11)16/h1-3,5,7-8,13,25H,4,6,9-10H2,(H,24,26). The first-order chi connectivity index (χ1) is 12.7. The summed E-state index contributed by atoms with van der Waals surface area (Å²) in [7, 11) is 0. The lowest BCUT2D eigenvalue weighted by Crippen LogP contribution is -2.24. The van der Waals surface area contributed by atoms with Gasteiger partial charge in [0.1, 0.15) is 5.75 Å². The summed E-state index contributed by atoms with van der Waals surface area (Å²) in [6, 6.07) is 8.19. The zero-order valence-corrected chi connectivity index (χ0v) is 14.9. The maximum Gasteiger partial charge on any atom is 0.416 e. The van der Waals surface area contributed by atoms with Gasteiger partial charge in [-0.2, -0.15) is 13.2 Å². The molecule has 0 bridgehead atoms. The molecule has 0 aromatic heterocycles. The minimum Gasteiger partial charge on any atom is -0.482 e. The molecule has 1 unspecified atom stereocenters. The number of carbonyl (C=O) groups excluding carboxylic acids is 1. The Morgan fingerprint density at radius 2 is 2.07 bits per heavy atom. The van der Waals surface area contributed by atoms with Gasteiger partial charge in [0.2, 0.25) is 0 Å². The number of anilines is 1. The lowest BCUT2D eigenvalue weighted by atomic mass is 9.88. The van der Waals surface area contributed by atoms with Crippen molar-refractivity contribution in [1.82, 2.24) is 0 Å². The Hall–Kier alpha value is -2.25. The van der Waals surface area contributed by atoms with Crippen molar-refractivity contribution in [1.29, 1.82) is 0 Å². The second-order valence-corrected chi connectivity index (χ2v) is 6.73. The highest BCUT2D eigenvalue weighted by Crippen LogP contribution is 2.34. The van der Waals surface area contributed by atoms with E-state index in [1.165, 1.54) is 0 Å². The van der Waals surface area contributed by atoms with Crippen molar-refractivity contribution in [2.24, 2.45) is 0 Å². The van der Waals surface area contributed by atoms with Gasteiger partial charge in [-0.25, -0.2) is 0 Å². The van der Waals surface area contributed by atoms with Crippen LogP contribution in [0.15, 0.2) is 36.4 Å². The molecule has 1 aliphatic carbocycles. The molecule has 3 rings (SSSR count). The van der Waals surface area contributed by atoms with Crippen molar-refractivity contribution in [3.8, 4) is 5.75 Å². The van der Waals surface area contributed by atoms with Gasteiger partial charge < -0.3 is 15.2 Å². The number of aliphatic hydroxyl groups is 1. The molecule has 1 amide bonds. The fourth-order valence-electron chi connectivity index (χ4n) is 3.01. The molecule has 4 nitrogen and oxygen atoms in total. The summed E-state index contributed by atoms with van der Waals surface area (Å²) in [6.45, 7) is -0.405. The molecule has 0 saturated heterocycles. The number of benzene rings is 2. The van der Waals surface area contributed by atoms with Crippen LogP contribution >= 0.6 is 11.6 Å². The smallest absolute Gasteiger partial charge is 0.416 e. The topological polar surface area (TPSA) is 58.6 Å². The Bertz CT molecular complexity index is 855. The van der Waals surface area contributed by atoms with E-state index in [-0.39, 0.29) is 10.8 Å². The van der Waals surface area contributed by atoms with Gasteiger partial charge in [0, 0.05) is 12.1 Å². The van der Waals surface area contributed by atoms with Crippen LogP contribution in [0.1, 0.15) is 23.1 Å². The van der Waals surface area contributed by atoms with Gasteiger partial charge in [-0.15, -0.1) is 0 Å². The van der Waals surface area contributed by atoms with Gasteiger partial charge >= 0.3 is 6.18 Å². The first kappa shape index (κ1) is 19.5. The van der Waals surface area contributed by atoms with Crippen LogP contribution in [0.4, 0.5) is 18.9 Å². The maximum atomic E-state index is 12.6. The third kappa shape index (κ3) is 4.73. The number of fused-ring (bicyclic) bond motifs is 1. The Labute approximate surface area is 158 Å². The molecular formula is C19H17ClF3NO3. The number of amides is 1. The summed E-state index contributed by atoms with van der Waals surface area (Å²) in [5, 5.41) is 12.3. The molecule has 0 aliphatic heterocycles. The van der Waals surface area contributed by atoms with Gasteiger partial charge in [0.15, 0.2) is 6.61 Å². The van der Waals surface area contributed by atoms with E-state index in [4.69, 9.17) is 16.3 Å². The number of hydrogen-bond acceptors (Lipinski definition) is 3. The summed E-state index contributed by atoms with van der Waals surface area (Å²) in [5.74, 6) is -0.482. The second-order valence-electron chi connectivity index (χ2n) is 6.32. The molecule has 8 heteroatoms. The van der Waals surface area contributed by atoms with Crippen LogP contribution in [0, 0.1) is 0 Å². The zero-order chi connectivity index (χ0) is 19.6. The van der Waals surface area contributed by atoms with E-state index in [1.807, 2.05) is 12.1 Å². The molecule has 2 aromatic rings. The Balaban J connectivity index is 1.64. The highest BCUT2D eigenvalue weighted by atomic mass is 35.5. The SMILES string of the molecule is O=C(COc1ccc(C(F)(F)F)cc1Cl)Nc1cccc2c1CC(O)CC2. The van der Waals surface area contributed by atoms with Crippen LogP contribution < -0.4 is 10.1 Å². The van der Waals surface area contributed by atoms with Crippen LogP contribution in [0.5, 0.6) is 5.75 Å². The number of hydrogen-bond donors (Lipinski definition) is 2. The van der Waals surface area contributed by atoms with Gasteiger partial charge in [-0.3, -0.25) is 4.79 Å². The number of halogens is 4. The average molecular weight is 400 g/mol. The van der Waals surface area contributed by atoms with E-state index in [1.54, 1.807) is 6.07 Å². The molecule has 2 aromatic carbocycles. The summed E-state index contributed by atoms with van der Waals surface area (Å²) in [6.07, 6.45) is -3.08. The van der Waals surface area contributed by atoms with Crippen molar-refractivity contribution in [3.63, 3.8) is 0 Å². The van der Waals surface area contributed by atoms with E-state index < -0.39 is 30.4 Å². The number of nitrogens with one attached hydrogen (secondary N) is 1. The van der Waals surface area contributed by atoms with Gasteiger partial charge in [0.25, 0.3) is 5.91 Å². The number of ether oxygens (including phenoxy) is 1. The molecule has 27 heavy (non-hydrogen) atoms. The van der Waals surface area contributed by atoms with Crippen molar-refractivity contribution >= 4 is 23.2 Å². The quantitative estimate of drug-likeness (QED) is 0.809. The third-order valence-electron chi connectivity index (χ3n) is 4.35. The largest absolute Gasteiger partial charge is 0.482 e. The monoisotopic (exact) mass is 399 g/mol.